The maximum absolute atomic E-state index is 12.4. The van der Waals surface area contributed by atoms with Crippen LogP contribution in [0.4, 0.5) is 0 Å². The highest BCUT2D eigenvalue weighted by molar-refractivity contribution is 5.84. The molecule has 4 aliphatic carbocycles. The van der Waals surface area contributed by atoms with Gasteiger partial charge >= 0.3 is 0 Å². The molecule has 0 aromatic rings. The van der Waals surface area contributed by atoms with E-state index in [2.05, 4.69) is 6.07 Å². The zero-order valence-corrected chi connectivity index (χ0v) is 12.9. The van der Waals surface area contributed by atoms with Gasteiger partial charge in [-0.25, -0.2) is 0 Å². The quantitative estimate of drug-likeness (QED) is 0.794. The third-order valence-electron chi connectivity index (χ3n) is 6.07. The first kappa shape index (κ1) is 13.9. The lowest BCUT2D eigenvalue weighted by Gasteiger charge is -2.55. The molecule has 0 aromatic carbocycles. The minimum Gasteiger partial charge on any atom is -0.344 e. The fourth-order valence-electron chi connectivity index (χ4n) is 5.26. The molecule has 4 bridgehead atoms. The van der Waals surface area contributed by atoms with Crippen LogP contribution in [0.2, 0.25) is 0 Å². The van der Waals surface area contributed by atoms with Crippen LogP contribution in [0.25, 0.3) is 0 Å². The third-order valence-corrected chi connectivity index (χ3v) is 6.07. The van der Waals surface area contributed by atoms with Gasteiger partial charge in [0.1, 0.15) is 5.41 Å². The van der Waals surface area contributed by atoms with E-state index in [4.69, 9.17) is 5.26 Å². The molecule has 0 heterocycles. The van der Waals surface area contributed by atoms with Gasteiger partial charge in [-0.3, -0.25) is 4.79 Å². The standard InChI is InChI=1S/C17H26N2O/c1-17(2,10-18)16(20)19(3)9-15-13-5-11-4-12(7-13)8-14(15)6-11/h11-15H,4-9H2,1-3H3. The Bertz CT molecular complexity index is 420. The van der Waals surface area contributed by atoms with E-state index >= 15 is 0 Å². The summed E-state index contributed by atoms with van der Waals surface area (Å²) in [5, 5.41) is 9.12. The molecule has 0 saturated heterocycles. The van der Waals surface area contributed by atoms with Gasteiger partial charge in [0.2, 0.25) is 5.91 Å². The molecule has 0 aromatic heterocycles. The molecule has 0 aliphatic heterocycles. The molecule has 4 saturated carbocycles. The predicted molar refractivity (Wildman–Crippen MR) is 77.6 cm³/mol. The van der Waals surface area contributed by atoms with E-state index in [0.29, 0.717) is 5.92 Å². The monoisotopic (exact) mass is 274 g/mol. The Morgan fingerprint density at radius 2 is 1.65 bits per heavy atom. The molecule has 1 amide bonds. The summed E-state index contributed by atoms with van der Waals surface area (Å²) in [6, 6.07) is 2.13. The number of hydrogen-bond donors (Lipinski definition) is 0. The van der Waals surface area contributed by atoms with Gasteiger partial charge in [-0.05, 0) is 75.5 Å². The van der Waals surface area contributed by atoms with Gasteiger partial charge in [0.05, 0.1) is 6.07 Å². The van der Waals surface area contributed by atoms with Crippen molar-refractivity contribution in [1.82, 2.24) is 4.90 Å². The number of hydrogen-bond acceptors (Lipinski definition) is 2. The Kier molecular flexibility index (Phi) is 3.31. The normalized spacial score (nSPS) is 38.6. The van der Waals surface area contributed by atoms with Crippen LogP contribution in [0.1, 0.15) is 46.0 Å². The topological polar surface area (TPSA) is 44.1 Å². The fraction of sp³-hybridized carbons (Fsp3) is 0.882. The molecule has 3 nitrogen and oxygen atoms in total. The van der Waals surface area contributed by atoms with Gasteiger partial charge in [-0.2, -0.15) is 5.26 Å². The molecule has 110 valence electrons. The SMILES string of the molecule is CN(CC1C2CC3CC(C2)CC1C3)C(=O)C(C)(C)C#N. The largest absolute Gasteiger partial charge is 0.344 e. The second kappa shape index (κ2) is 4.76. The molecule has 20 heavy (non-hydrogen) atoms. The minimum absolute atomic E-state index is 0.0196. The Labute approximate surface area is 122 Å². The summed E-state index contributed by atoms with van der Waals surface area (Å²) in [4.78, 5) is 14.2. The number of amides is 1. The van der Waals surface area contributed by atoms with Crippen molar-refractivity contribution in [2.24, 2.45) is 35.0 Å². The van der Waals surface area contributed by atoms with Gasteiger partial charge in [0.25, 0.3) is 0 Å². The zero-order chi connectivity index (χ0) is 14.5. The van der Waals surface area contributed by atoms with Crippen molar-refractivity contribution < 1.29 is 4.79 Å². The van der Waals surface area contributed by atoms with E-state index < -0.39 is 5.41 Å². The molecule has 0 unspecified atom stereocenters. The summed E-state index contributed by atoms with van der Waals surface area (Å²) in [6.45, 7) is 4.31. The van der Waals surface area contributed by atoms with E-state index in [1.54, 1.807) is 13.8 Å². The van der Waals surface area contributed by atoms with Crippen LogP contribution in [0, 0.1) is 46.3 Å². The van der Waals surface area contributed by atoms with E-state index in [1.165, 1.54) is 32.1 Å². The van der Waals surface area contributed by atoms with Crippen LogP contribution in [0.15, 0.2) is 0 Å². The molecule has 4 fully saturated rings. The molecule has 4 rings (SSSR count). The van der Waals surface area contributed by atoms with Crippen LogP contribution in [0.3, 0.4) is 0 Å². The van der Waals surface area contributed by atoms with Gasteiger partial charge in [-0.1, -0.05) is 0 Å². The van der Waals surface area contributed by atoms with Crippen molar-refractivity contribution in [3.63, 3.8) is 0 Å². The maximum Gasteiger partial charge on any atom is 0.242 e. The first-order valence-corrected chi connectivity index (χ1v) is 8.07. The first-order chi connectivity index (χ1) is 9.40. The van der Waals surface area contributed by atoms with Gasteiger partial charge in [0, 0.05) is 13.6 Å². The van der Waals surface area contributed by atoms with Gasteiger partial charge < -0.3 is 4.90 Å². The van der Waals surface area contributed by atoms with Gasteiger partial charge in [0.15, 0.2) is 0 Å². The lowest BCUT2D eigenvalue weighted by atomic mass is 9.52. The fourth-order valence-corrected chi connectivity index (χ4v) is 5.26. The molecule has 4 aliphatic rings. The lowest BCUT2D eigenvalue weighted by molar-refractivity contribution is -0.139. The zero-order valence-electron chi connectivity index (χ0n) is 12.9. The summed E-state index contributed by atoms with van der Waals surface area (Å²) < 4.78 is 0. The smallest absolute Gasteiger partial charge is 0.242 e. The van der Waals surface area contributed by atoms with Crippen molar-refractivity contribution in [1.29, 1.82) is 5.26 Å². The van der Waals surface area contributed by atoms with E-state index in [0.717, 1.165) is 30.2 Å². The van der Waals surface area contributed by atoms with Crippen molar-refractivity contribution >= 4 is 5.91 Å². The van der Waals surface area contributed by atoms with Crippen LogP contribution in [-0.4, -0.2) is 24.4 Å². The summed E-state index contributed by atoms with van der Waals surface area (Å²) >= 11 is 0. The van der Waals surface area contributed by atoms with Gasteiger partial charge in [-0.15, -0.1) is 0 Å². The molecule has 3 heteroatoms. The van der Waals surface area contributed by atoms with E-state index in [1.807, 2.05) is 11.9 Å². The second-order valence-electron chi connectivity index (χ2n) is 8.02. The Morgan fingerprint density at radius 3 is 2.10 bits per heavy atom. The highest BCUT2D eigenvalue weighted by Gasteiger charge is 2.48. The predicted octanol–water partition coefficient (Wildman–Crippen LogP) is 3.07. The average molecular weight is 274 g/mol. The van der Waals surface area contributed by atoms with Crippen molar-refractivity contribution in [3.8, 4) is 6.07 Å². The Hall–Kier alpha value is -1.04. The van der Waals surface area contributed by atoms with Crippen molar-refractivity contribution in [3.05, 3.63) is 0 Å². The van der Waals surface area contributed by atoms with Crippen LogP contribution >= 0.6 is 0 Å². The highest BCUT2D eigenvalue weighted by Crippen LogP contribution is 2.56. The van der Waals surface area contributed by atoms with E-state index in [9.17, 15) is 4.79 Å². The summed E-state index contributed by atoms with van der Waals surface area (Å²) in [5.74, 6) is 4.30. The highest BCUT2D eigenvalue weighted by atomic mass is 16.2. The molecule has 0 radical (unpaired) electrons. The maximum atomic E-state index is 12.4. The summed E-state index contributed by atoms with van der Waals surface area (Å²) in [7, 11) is 1.88. The number of carbonyl (C=O) groups excluding carboxylic acids is 1. The summed E-state index contributed by atoms with van der Waals surface area (Å²) in [5.41, 5.74) is -0.888. The number of nitrogens with zero attached hydrogens (tertiary/aromatic N) is 2. The number of rotatable bonds is 3. The van der Waals surface area contributed by atoms with Crippen molar-refractivity contribution in [2.75, 3.05) is 13.6 Å². The molecule has 0 N–H and O–H groups in total. The van der Waals surface area contributed by atoms with Crippen LogP contribution < -0.4 is 0 Å². The van der Waals surface area contributed by atoms with E-state index in [-0.39, 0.29) is 5.91 Å². The Morgan fingerprint density at radius 1 is 1.15 bits per heavy atom. The molecule has 0 spiro atoms. The van der Waals surface area contributed by atoms with Crippen LogP contribution in [-0.2, 0) is 4.79 Å². The first-order valence-electron chi connectivity index (χ1n) is 8.07. The lowest BCUT2D eigenvalue weighted by Crippen LogP contribution is -2.50. The van der Waals surface area contributed by atoms with Crippen molar-refractivity contribution in [2.45, 2.75) is 46.0 Å². The minimum atomic E-state index is -0.888. The molecule has 0 atom stereocenters. The second-order valence-corrected chi connectivity index (χ2v) is 8.02. The number of carbonyl (C=O) groups is 1. The van der Waals surface area contributed by atoms with Crippen LogP contribution in [0.5, 0.6) is 0 Å². The average Bonchev–Trinajstić information content (AvgIpc) is 2.41. The number of nitriles is 1. The summed E-state index contributed by atoms with van der Waals surface area (Å²) in [6.07, 6.45) is 7.03. The molecular weight excluding hydrogens is 248 g/mol. The molecular formula is C17H26N2O. The third kappa shape index (κ3) is 2.24. The Balaban J connectivity index is 1.67.